The van der Waals surface area contributed by atoms with Crippen LogP contribution in [0.3, 0.4) is 0 Å². The van der Waals surface area contributed by atoms with Gasteiger partial charge in [-0.3, -0.25) is 4.39 Å². The molecule has 0 heterocycles. The van der Waals surface area contributed by atoms with E-state index in [4.69, 9.17) is 4.74 Å². The molecule has 0 aromatic heterocycles. The first-order valence-corrected chi connectivity index (χ1v) is 11.8. The van der Waals surface area contributed by atoms with Gasteiger partial charge in [-0.25, -0.2) is 0 Å². The molecule has 0 aliphatic rings. The Kier molecular flexibility index (Phi) is 10.6. The van der Waals surface area contributed by atoms with Crippen molar-refractivity contribution >= 4 is 13.6 Å². The molecule has 0 amide bonds. The Bertz CT molecular complexity index is 258. The SMILES string of the molecule is CCCCCOc1c[c-]cc(F)c1.[Zn+][Br]. The van der Waals surface area contributed by atoms with Crippen molar-refractivity contribution in [1.82, 2.24) is 0 Å². The minimum atomic E-state index is -0.298. The van der Waals surface area contributed by atoms with Crippen LogP contribution in [0.4, 0.5) is 4.39 Å². The number of rotatable bonds is 5. The molecule has 0 aliphatic carbocycles. The zero-order chi connectivity index (χ0) is 11.5. The maximum atomic E-state index is 12.6. The van der Waals surface area contributed by atoms with Crippen LogP contribution >= 0.6 is 13.6 Å². The first kappa shape index (κ1) is 15.1. The molecular formula is C11H14BrFOZn. The molecule has 15 heavy (non-hydrogen) atoms. The molecule has 0 radical (unpaired) electrons. The van der Waals surface area contributed by atoms with E-state index in [1.165, 1.54) is 34.9 Å². The van der Waals surface area contributed by atoms with Crippen molar-refractivity contribution < 1.29 is 25.5 Å². The third-order valence-electron chi connectivity index (χ3n) is 1.74. The molecule has 1 nitrogen and oxygen atoms in total. The van der Waals surface area contributed by atoms with Crippen LogP contribution in [-0.4, -0.2) is 6.61 Å². The third-order valence-corrected chi connectivity index (χ3v) is 1.74. The Balaban J connectivity index is 0.000000921. The van der Waals surface area contributed by atoms with Crippen LogP contribution in [0.25, 0.3) is 0 Å². The van der Waals surface area contributed by atoms with Gasteiger partial charge in [-0.05, 0) is 6.42 Å². The summed E-state index contributed by atoms with van der Waals surface area (Å²) in [6.07, 6.45) is 3.34. The second-order valence-electron chi connectivity index (χ2n) is 2.94. The number of halogens is 2. The molecule has 4 heteroatoms. The van der Waals surface area contributed by atoms with Crippen molar-refractivity contribution in [2.45, 2.75) is 26.2 Å². The van der Waals surface area contributed by atoms with Gasteiger partial charge in [-0.1, -0.05) is 25.8 Å². The summed E-state index contributed by atoms with van der Waals surface area (Å²) in [6.45, 7) is 2.79. The Labute approximate surface area is 107 Å². The van der Waals surface area contributed by atoms with Gasteiger partial charge in [0.05, 0.1) is 6.61 Å². The van der Waals surface area contributed by atoms with Gasteiger partial charge in [0, 0.05) is 11.6 Å². The standard InChI is InChI=1S/C11H14FO.BrH.Zn/c1-2-3-4-8-13-11-7-5-6-10(12)9-11;;/h6-7,9H,2-4,8H2,1H3;1H;/q-1;;+2/p-1. The van der Waals surface area contributed by atoms with E-state index in [9.17, 15) is 4.39 Å². The molecule has 1 aromatic carbocycles. The minimum absolute atomic E-state index is 0.298. The third kappa shape index (κ3) is 7.92. The van der Waals surface area contributed by atoms with E-state index >= 15 is 0 Å². The van der Waals surface area contributed by atoms with Crippen LogP contribution in [-0.2, 0) is 16.3 Å². The first-order chi connectivity index (χ1) is 7.33. The topological polar surface area (TPSA) is 9.23 Å². The van der Waals surface area contributed by atoms with Crippen LogP contribution in [0.2, 0.25) is 0 Å². The monoisotopic (exact) mass is 324 g/mol. The molecule has 0 saturated carbocycles. The Morgan fingerprint density at radius 2 is 2.13 bits per heavy atom. The summed E-state index contributed by atoms with van der Waals surface area (Å²) in [4.78, 5) is 0. The summed E-state index contributed by atoms with van der Waals surface area (Å²) in [7, 11) is 0. The average Bonchev–Trinajstić information content (AvgIpc) is 2.27. The molecule has 1 rings (SSSR count). The van der Waals surface area contributed by atoms with Crippen molar-refractivity contribution in [2.75, 3.05) is 6.61 Å². The summed E-state index contributed by atoms with van der Waals surface area (Å²) < 4.78 is 17.9. The molecule has 0 bridgehead atoms. The Hall–Kier alpha value is 0.0534. The molecule has 0 atom stereocenters. The summed E-state index contributed by atoms with van der Waals surface area (Å²) in [5.41, 5.74) is 0. The van der Waals surface area contributed by atoms with Crippen LogP contribution in [0.5, 0.6) is 5.75 Å². The molecule has 0 unspecified atom stereocenters. The van der Waals surface area contributed by atoms with Crippen LogP contribution in [0.1, 0.15) is 26.2 Å². The summed E-state index contributed by atoms with van der Waals surface area (Å²) >= 11 is 4.25. The zero-order valence-electron chi connectivity index (χ0n) is 8.93. The van der Waals surface area contributed by atoms with Gasteiger partial charge in [0.15, 0.2) is 0 Å². The Morgan fingerprint density at radius 1 is 1.40 bits per heavy atom. The molecule has 0 spiro atoms. The second kappa shape index (κ2) is 10.6. The summed E-state index contributed by atoms with van der Waals surface area (Å²) in [5.74, 6) is 0.268. The molecule has 80 valence electrons. The van der Waals surface area contributed by atoms with Crippen molar-refractivity contribution in [3.05, 3.63) is 30.1 Å². The summed E-state index contributed by atoms with van der Waals surface area (Å²) in [5, 5.41) is 0. The second-order valence-corrected chi connectivity index (χ2v) is 2.94. The van der Waals surface area contributed by atoms with E-state index in [0.29, 0.717) is 12.4 Å². The van der Waals surface area contributed by atoms with Crippen LogP contribution < -0.4 is 4.74 Å². The van der Waals surface area contributed by atoms with Gasteiger partial charge in [-0.15, -0.1) is 12.1 Å². The molecule has 0 fully saturated rings. The molecule has 1 aromatic rings. The fourth-order valence-electron chi connectivity index (χ4n) is 1.05. The normalized spacial score (nSPS) is 9.13. The molecule has 0 saturated heterocycles. The Morgan fingerprint density at radius 3 is 2.73 bits per heavy atom. The van der Waals surface area contributed by atoms with E-state index in [0.717, 1.165) is 12.8 Å². The van der Waals surface area contributed by atoms with Gasteiger partial charge in [0.25, 0.3) is 0 Å². The number of unbranched alkanes of at least 4 members (excludes halogenated alkanes) is 2. The fraction of sp³-hybridized carbons (Fsp3) is 0.455. The van der Waals surface area contributed by atoms with Gasteiger partial charge in [0.2, 0.25) is 0 Å². The molecule has 0 aliphatic heterocycles. The van der Waals surface area contributed by atoms with Gasteiger partial charge in [-0.2, -0.15) is 6.07 Å². The van der Waals surface area contributed by atoms with Crippen molar-refractivity contribution in [1.29, 1.82) is 0 Å². The van der Waals surface area contributed by atoms with Crippen molar-refractivity contribution in [2.24, 2.45) is 0 Å². The van der Waals surface area contributed by atoms with Gasteiger partial charge in [0.1, 0.15) is 0 Å². The van der Waals surface area contributed by atoms with E-state index < -0.39 is 0 Å². The number of hydrogen-bond donors (Lipinski definition) is 0. The summed E-state index contributed by atoms with van der Waals surface area (Å²) in [6, 6.07) is 6.99. The average molecular weight is 327 g/mol. The predicted octanol–water partition coefficient (Wildman–Crippen LogP) is 4.04. The molecule has 0 N–H and O–H groups in total. The first-order valence-electron chi connectivity index (χ1n) is 4.89. The number of benzene rings is 1. The van der Waals surface area contributed by atoms with E-state index in [1.54, 1.807) is 6.07 Å². The van der Waals surface area contributed by atoms with Gasteiger partial charge >= 0.3 is 30.0 Å². The van der Waals surface area contributed by atoms with Crippen LogP contribution in [0.15, 0.2) is 18.2 Å². The van der Waals surface area contributed by atoms with Crippen molar-refractivity contribution in [3.8, 4) is 5.75 Å². The zero-order valence-corrected chi connectivity index (χ0v) is 13.5. The van der Waals surface area contributed by atoms with Crippen molar-refractivity contribution in [3.63, 3.8) is 0 Å². The fourth-order valence-corrected chi connectivity index (χ4v) is 1.05. The number of hydrogen-bond acceptors (Lipinski definition) is 1. The van der Waals surface area contributed by atoms with E-state index in [1.807, 2.05) is 0 Å². The quantitative estimate of drug-likeness (QED) is 0.451. The number of ether oxygens (including phenoxy) is 1. The van der Waals surface area contributed by atoms with E-state index in [-0.39, 0.29) is 5.82 Å². The van der Waals surface area contributed by atoms with Crippen LogP contribution in [0, 0.1) is 11.9 Å². The van der Waals surface area contributed by atoms with E-state index in [2.05, 4.69) is 26.6 Å². The predicted molar refractivity (Wildman–Crippen MR) is 59.2 cm³/mol. The maximum absolute atomic E-state index is 12.6. The van der Waals surface area contributed by atoms with Gasteiger partial charge < -0.3 is 4.74 Å². The molecular weight excluding hydrogens is 312 g/mol.